The van der Waals surface area contributed by atoms with E-state index in [1.807, 2.05) is 12.1 Å². The van der Waals surface area contributed by atoms with E-state index in [1.54, 1.807) is 18.2 Å². The molecule has 1 aromatic carbocycles. The van der Waals surface area contributed by atoms with Gasteiger partial charge in [0, 0.05) is 11.9 Å². The molecule has 0 unspecified atom stereocenters. The van der Waals surface area contributed by atoms with Gasteiger partial charge in [-0.1, -0.05) is 12.1 Å². The summed E-state index contributed by atoms with van der Waals surface area (Å²) in [6.07, 6.45) is 1.35. The highest BCUT2D eigenvalue weighted by Crippen LogP contribution is 2.21. The van der Waals surface area contributed by atoms with Gasteiger partial charge in [-0.05, 0) is 29.8 Å². The number of carboxylic acids is 1. The number of pyridine rings is 1. The summed E-state index contributed by atoms with van der Waals surface area (Å²) < 4.78 is 0. The standard InChI is InChI=1S/C14H10N2O2S/c15-7-10-1-3-11(4-2-10)9-19-13-6-5-12(8-16-13)14(17)18/h1-6,8H,9H2,(H,17,18). The van der Waals surface area contributed by atoms with Crippen molar-refractivity contribution in [2.45, 2.75) is 10.8 Å². The second-order valence-electron chi connectivity index (χ2n) is 3.79. The predicted octanol–water partition coefficient (Wildman–Crippen LogP) is 2.94. The van der Waals surface area contributed by atoms with Crippen LogP contribution in [0.5, 0.6) is 0 Å². The Morgan fingerprint density at radius 3 is 2.53 bits per heavy atom. The smallest absolute Gasteiger partial charge is 0.337 e. The number of carbonyl (C=O) groups is 1. The Morgan fingerprint density at radius 1 is 1.26 bits per heavy atom. The van der Waals surface area contributed by atoms with Crippen LogP contribution in [0.1, 0.15) is 21.5 Å². The van der Waals surface area contributed by atoms with Crippen molar-refractivity contribution in [2.75, 3.05) is 0 Å². The minimum atomic E-state index is -0.976. The van der Waals surface area contributed by atoms with Crippen molar-refractivity contribution in [2.24, 2.45) is 0 Å². The summed E-state index contributed by atoms with van der Waals surface area (Å²) in [5.74, 6) is -0.248. The zero-order chi connectivity index (χ0) is 13.7. The van der Waals surface area contributed by atoms with Crippen LogP contribution in [0.15, 0.2) is 47.6 Å². The number of aromatic nitrogens is 1. The lowest BCUT2D eigenvalue weighted by molar-refractivity contribution is 0.0696. The second-order valence-corrected chi connectivity index (χ2v) is 4.78. The Kier molecular flexibility index (Phi) is 4.16. The van der Waals surface area contributed by atoms with Crippen LogP contribution in [0.4, 0.5) is 0 Å². The first-order valence-electron chi connectivity index (χ1n) is 5.50. The summed E-state index contributed by atoms with van der Waals surface area (Å²) in [7, 11) is 0. The third-order valence-electron chi connectivity index (χ3n) is 2.45. The van der Waals surface area contributed by atoms with Gasteiger partial charge in [0.15, 0.2) is 0 Å². The Bertz CT molecular complexity index is 615. The van der Waals surface area contributed by atoms with Gasteiger partial charge >= 0.3 is 5.97 Å². The van der Waals surface area contributed by atoms with Gasteiger partial charge in [-0.25, -0.2) is 9.78 Å². The molecule has 19 heavy (non-hydrogen) atoms. The van der Waals surface area contributed by atoms with Crippen LogP contribution < -0.4 is 0 Å². The summed E-state index contributed by atoms with van der Waals surface area (Å²) in [5.41, 5.74) is 1.91. The normalized spacial score (nSPS) is 9.84. The highest BCUT2D eigenvalue weighted by molar-refractivity contribution is 7.98. The maximum Gasteiger partial charge on any atom is 0.337 e. The molecule has 0 saturated heterocycles. The molecule has 2 rings (SSSR count). The predicted molar refractivity (Wildman–Crippen MR) is 71.9 cm³/mol. The molecule has 0 radical (unpaired) electrons. The highest BCUT2D eigenvalue weighted by atomic mass is 32.2. The molecule has 0 fully saturated rings. The average molecular weight is 270 g/mol. The molecule has 0 atom stereocenters. The van der Waals surface area contributed by atoms with Crippen LogP contribution in [0, 0.1) is 11.3 Å². The van der Waals surface area contributed by atoms with Crippen molar-refractivity contribution in [3.05, 3.63) is 59.3 Å². The quantitative estimate of drug-likeness (QED) is 0.864. The molecule has 1 heterocycles. The molecule has 5 heteroatoms. The third kappa shape index (κ3) is 3.57. The van der Waals surface area contributed by atoms with Crippen molar-refractivity contribution in [1.29, 1.82) is 5.26 Å². The maximum atomic E-state index is 10.7. The maximum absolute atomic E-state index is 10.7. The van der Waals surface area contributed by atoms with Gasteiger partial charge < -0.3 is 5.11 Å². The van der Waals surface area contributed by atoms with Gasteiger partial charge in [-0.2, -0.15) is 5.26 Å². The fourth-order valence-electron chi connectivity index (χ4n) is 1.42. The van der Waals surface area contributed by atoms with E-state index < -0.39 is 5.97 Å². The van der Waals surface area contributed by atoms with Crippen LogP contribution >= 0.6 is 11.8 Å². The van der Waals surface area contributed by atoms with Crippen LogP contribution in [0.3, 0.4) is 0 Å². The van der Waals surface area contributed by atoms with Gasteiger partial charge in [0.1, 0.15) is 0 Å². The first-order chi connectivity index (χ1) is 9.19. The van der Waals surface area contributed by atoms with Gasteiger partial charge in [0.05, 0.1) is 22.2 Å². The topological polar surface area (TPSA) is 74.0 Å². The fourth-order valence-corrected chi connectivity index (χ4v) is 2.22. The van der Waals surface area contributed by atoms with E-state index in [9.17, 15) is 4.79 Å². The Morgan fingerprint density at radius 2 is 2.00 bits per heavy atom. The lowest BCUT2D eigenvalue weighted by atomic mass is 10.2. The van der Waals surface area contributed by atoms with Crippen LogP contribution in [-0.4, -0.2) is 16.1 Å². The SMILES string of the molecule is N#Cc1ccc(CSc2ccc(C(=O)O)cn2)cc1. The summed E-state index contributed by atoms with van der Waals surface area (Å²) >= 11 is 1.52. The van der Waals surface area contributed by atoms with Crippen molar-refractivity contribution in [3.8, 4) is 6.07 Å². The van der Waals surface area contributed by atoms with Crippen LogP contribution in [0.2, 0.25) is 0 Å². The summed E-state index contributed by atoms with van der Waals surface area (Å²) in [4.78, 5) is 14.8. The molecule has 0 amide bonds. The molecule has 1 aromatic heterocycles. The average Bonchev–Trinajstić information content (AvgIpc) is 2.46. The van der Waals surface area contributed by atoms with Crippen LogP contribution in [0.25, 0.3) is 0 Å². The molecule has 0 spiro atoms. The van der Waals surface area contributed by atoms with E-state index in [4.69, 9.17) is 10.4 Å². The summed E-state index contributed by atoms with van der Waals surface area (Å²) in [5, 5.41) is 18.2. The lowest BCUT2D eigenvalue weighted by Gasteiger charge is -2.02. The minimum absolute atomic E-state index is 0.183. The molecular weight excluding hydrogens is 260 g/mol. The highest BCUT2D eigenvalue weighted by Gasteiger charge is 2.03. The third-order valence-corrected chi connectivity index (χ3v) is 3.47. The second kappa shape index (κ2) is 6.03. The molecule has 4 nitrogen and oxygen atoms in total. The van der Waals surface area contributed by atoms with E-state index in [-0.39, 0.29) is 5.56 Å². The Hall–Kier alpha value is -2.32. The lowest BCUT2D eigenvalue weighted by Crippen LogP contribution is -1.96. The van der Waals surface area contributed by atoms with Gasteiger partial charge in [-0.15, -0.1) is 11.8 Å². The number of hydrogen-bond acceptors (Lipinski definition) is 4. The zero-order valence-corrected chi connectivity index (χ0v) is 10.7. The molecule has 94 valence electrons. The molecule has 1 N–H and O–H groups in total. The van der Waals surface area contributed by atoms with Crippen molar-refractivity contribution >= 4 is 17.7 Å². The summed E-state index contributed by atoms with van der Waals surface area (Å²) in [6, 6.07) is 12.6. The molecule has 0 saturated carbocycles. The molecule has 0 bridgehead atoms. The number of rotatable bonds is 4. The number of nitrogens with zero attached hydrogens (tertiary/aromatic N) is 2. The molecule has 0 aliphatic rings. The number of thioether (sulfide) groups is 1. The Labute approximate surface area is 114 Å². The zero-order valence-electron chi connectivity index (χ0n) is 9.91. The van der Waals surface area contributed by atoms with Crippen molar-refractivity contribution in [1.82, 2.24) is 4.98 Å². The van der Waals surface area contributed by atoms with E-state index in [2.05, 4.69) is 11.1 Å². The Balaban J connectivity index is 1.98. The van der Waals surface area contributed by atoms with Crippen molar-refractivity contribution in [3.63, 3.8) is 0 Å². The number of hydrogen-bond donors (Lipinski definition) is 1. The van der Waals surface area contributed by atoms with E-state index in [0.29, 0.717) is 5.56 Å². The first kappa shape index (κ1) is 13.1. The van der Waals surface area contributed by atoms with Crippen LogP contribution in [-0.2, 0) is 5.75 Å². The molecule has 0 aliphatic carbocycles. The largest absolute Gasteiger partial charge is 0.478 e. The minimum Gasteiger partial charge on any atom is -0.478 e. The van der Waals surface area contributed by atoms with Crippen molar-refractivity contribution < 1.29 is 9.90 Å². The monoisotopic (exact) mass is 270 g/mol. The number of carboxylic acid groups (broad SMARTS) is 1. The fraction of sp³-hybridized carbons (Fsp3) is 0.0714. The summed E-state index contributed by atoms with van der Waals surface area (Å²) in [6.45, 7) is 0. The van der Waals surface area contributed by atoms with E-state index in [1.165, 1.54) is 24.0 Å². The first-order valence-corrected chi connectivity index (χ1v) is 6.49. The van der Waals surface area contributed by atoms with E-state index in [0.717, 1.165) is 16.3 Å². The number of aromatic carboxylic acids is 1. The number of benzene rings is 1. The molecular formula is C14H10N2O2S. The molecule has 2 aromatic rings. The van der Waals surface area contributed by atoms with E-state index >= 15 is 0 Å². The van der Waals surface area contributed by atoms with Gasteiger partial charge in [0.25, 0.3) is 0 Å². The number of nitriles is 1. The molecule has 0 aliphatic heterocycles. The van der Waals surface area contributed by atoms with Gasteiger partial charge in [-0.3, -0.25) is 0 Å². The van der Waals surface area contributed by atoms with Gasteiger partial charge in [0.2, 0.25) is 0 Å².